The van der Waals surface area contributed by atoms with E-state index >= 15 is 0 Å². The Morgan fingerprint density at radius 2 is 2.11 bits per heavy atom. The van der Waals surface area contributed by atoms with E-state index in [4.69, 9.17) is 10.3 Å². The van der Waals surface area contributed by atoms with E-state index in [1.54, 1.807) is 0 Å². The lowest BCUT2D eigenvalue weighted by molar-refractivity contribution is -0.108. The number of carbonyl (C=O) groups is 1. The van der Waals surface area contributed by atoms with Crippen molar-refractivity contribution in [3.63, 3.8) is 0 Å². The van der Waals surface area contributed by atoms with Gasteiger partial charge in [0.1, 0.15) is 6.29 Å². The summed E-state index contributed by atoms with van der Waals surface area (Å²) in [6.45, 7) is 0. The van der Waals surface area contributed by atoms with Gasteiger partial charge < -0.3 is 10.5 Å². The molecule has 0 saturated heterocycles. The fraction of sp³-hybridized carbons (Fsp3) is 0.667. The SMILES string of the molecule is N[C@@H](C=O)CS(=O)(=O)O. The van der Waals surface area contributed by atoms with Gasteiger partial charge in [0.2, 0.25) is 0 Å². The molecular weight excluding hydrogens is 146 g/mol. The second-order valence-corrected chi connectivity index (χ2v) is 3.05. The first kappa shape index (κ1) is 8.54. The van der Waals surface area contributed by atoms with Crippen LogP contribution in [0.5, 0.6) is 0 Å². The predicted molar refractivity (Wildman–Crippen MR) is 30.5 cm³/mol. The van der Waals surface area contributed by atoms with Crippen LogP contribution < -0.4 is 5.73 Å². The van der Waals surface area contributed by atoms with E-state index in [1.807, 2.05) is 0 Å². The van der Waals surface area contributed by atoms with Crippen molar-refractivity contribution in [2.45, 2.75) is 6.04 Å². The summed E-state index contributed by atoms with van der Waals surface area (Å²) in [6, 6.07) is -1.13. The summed E-state index contributed by atoms with van der Waals surface area (Å²) in [6.07, 6.45) is 0.258. The number of carbonyl (C=O) groups excluding carboxylic acids is 1. The number of nitrogens with two attached hydrogens (primary N) is 1. The average molecular weight is 153 g/mol. The minimum Gasteiger partial charge on any atom is -0.321 e. The van der Waals surface area contributed by atoms with Crippen LogP contribution in [0, 0.1) is 0 Å². The lowest BCUT2D eigenvalue weighted by Gasteiger charge is -1.97. The summed E-state index contributed by atoms with van der Waals surface area (Å²) in [5.41, 5.74) is 4.85. The number of hydrogen-bond donors (Lipinski definition) is 2. The smallest absolute Gasteiger partial charge is 0.266 e. The number of rotatable bonds is 3. The summed E-state index contributed by atoms with van der Waals surface area (Å²) >= 11 is 0. The molecule has 0 radical (unpaired) electrons. The van der Waals surface area contributed by atoms with Crippen LogP contribution >= 0.6 is 0 Å². The summed E-state index contributed by atoms with van der Waals surface area (Å²) in [4.78, 5) is 9.68. The van der Waals surface area contributed by atoms with Gasteiger partial charge in [-0.25, -0.2) is 0 Å². The summed E-state index contributed by atoms with van der Waals surface area (Å²) in [7, 11) is -4.09. The predicted octanol–water partition coefficient (Wildman–Crippen LogP) is -1.60. The van der Waals surface area contributed by atoms with E-state index in [2.05, 4.69) is 0 Å². The highest BCUT2D eigenvalue weighted by Crippen LogP contribution is 1.82. The third kappa shape index (κ3) is 5.41. The molecule has 3 N–H and O–H groups in total. The fourth-order valence-electron chi connectivity index (χ4n) is 0.282. The van der Waals surface area contributed by atoms with Crippen molar-refractivity contribution in [1.82, 2.24) is 0 Å². The first-order valence-electron chi connectivity index (χ1n) is 2.12. The summed E-state index contributed by atoms with van der Waals surface area (Å²) in [5, 5.41) is 0. The summed E-state index contributed by atoms with van der Waals surface area (Å²) in [5.74, 6) is -0.712. The van der Waals surface area contributed by atoms with Crippen molar-refractivity contribution in [1.29, 1.82) is 0 Å². The molecule has 0 aliphatic rings. The highest BCUT2D eigenvalue weighted by molar-refractivity contribution is 7.85. The first-order valence-corrected chi connectivity index (χ1v) is 3.72. The highest BCUT2D eigenvalue weighted by atomic mass is 32.2. The molecule has 0 rings (SSSR count). The molecular formula is C3H7NO4S. The lowest BCUT2D eigenvalue weighted by atomic mass is 10.4. The van der Waals surface area contributed by atoms with Gasteiger partial charge in [0.05, 0.1) is 11.8 Å². The van der Waals surface area contributed by atoms with Crippen molar-refractivity contribution in [2.24, 2.45) is 5.73 Å². The third-order valence-electron chi connectivity index (χ3n) is 0.578. The molecule has 54 valence electrons. The van der Waals surface area contributed by atoms with E-state index in [9.17, 15) is 13.2 Å². The van der Waals surface area contributed by atoms with Crippen molar-refractivity contribution >= 4 is 16.4 Å². The molecule has 0 spiro atoms. The zero-order chi connectivity index (χ0) is 7.49. The quantitative estimate of drug-likeness (QED) is 0.376. The Bertz CT molecular complexity index is 184. The Morgan fingerprint density at radius 1 is 1.67 bits per heavy atom. The normalized spacial score (nSPS) is 14.9. The maximum absolute atomic E-state index is 9.92. The number of aldehydes is 1. The van der Waals surface area contributed by atoms with Crippen molar-refractivity contribution in [3.05, 3.63) is 0 Å². The van der Waals surface area contributed by atoms with Gasteiger partial charge >= 0.3 is 0 Å². The maximum atomic E-state index is 9.92. The minimum absolute atomic E-state index is 0.258. The number of hydrogen-bond acceptors (Lipinski definition) is 4. The first-order chi connectivity index (χ1) is 3.95. The zero-order valence-electron chi connectivity index (χ0n) is 4.52. The van der Waals surface area contributed by atoms with Crippen molar-refractivity contribution in [3.8, 4) is 0 Å². The zero-order valence-corrected chi connectivity index (χ0v) is 5.34. The van der Waals surface area contributed by atoms with Crippen LogP contribution in [-0.2, 0) is 14.9 Å². The van der Waals surface area contributed by atoms with Gasteiger partial charge in [-0.3, -0.25) is 4.55 Å². The van der Waals surface area contributed by atoms with Gasteiger partial charge in [0, 0.05) is 0 Å². The maximum Gasteiger partial charge on any atom is 0.266 e. The molecule has 0 fully saturated rings. The van der Waals surface area contributed by atoms with Gasteiger partial charge in [-0.15, -0.1) is 0 Å². The van der Waals surface area contributed by atoms with Gasteiger partial charge in [-0.05, 0) is 0 Å². The van der Waals surface area contributed by atoms with Crippen LogP contribution in [0.4, 0.5) is 0 Å². The molecule has 0 saturated carbocycles. The molecule has 5 nitrogen and oxygen atoms in total. The molecule has 0 aromatic heterocycles. The fourth-order valence-corrected chi connectivity index (χ4v) is 0.847. The molecule has 0 aromatic rings. The molecule has 9 heavy (non-hydrogen) atoms. The molecule has 0 bridgehead atoms. The largest absolute Gasteiger partial charge is 0.321 e. The van der Waals surface area contributed by atoms with Gasteiger partial charge in [0.15, 0.2) is 0 Å². The molecule has 0 heterocycles. The van der Waals surface area contributed by atoms with Crippen LogP contribution in [0.15, 0.2) is 0 Å². The molecule has 0 aliphatic carbocycles. The Hall–Kier alpha value is -0.460. The van der Waals surface area contributed by atoms with Crippen molar-refractivity contribution in [2.75, 3.05) is 5.75 Å². The molecule has 0 unspecified atom stereocenters. The van der Waals surface area contributed by atoms with E-state index in [1.165, 1.54) is 0 Å². The minimum atomic E-state index is -4.09. The topological polar surface area (TPSA) is 97.5 Å². The molecule has 0 aromatic carbocycles. The summed E-state index contributed by atoms with van der Waals surface area (Å²) < 4.78 is 27.9. The standard InChI is InChI=1S/C3H7NO4S/c4-3(1-5)2-9(6,7)8/h1,3H,2,4H2,(H,6,7,8)/t3-/m0/s1. The van der Waals surface area contributed by atoms with E-state index in [0.29, 0.717) is 0 Å². The van der Waals surface area contributed by atoms with Crippen LogP contribution in [0.1, 0.15) is 0 Å². The van der Waals surface area contributed by atoms with E-state index < -0.39 is 21.9 Å². The molecule has 6 heteroatoms. The van der Waals surface area contributed by atoms with E-state index in [-0.39, 0.29) is 6.29 Å². The van der Waals surface area contributed by atoms with Crippen molar-refractivity contribution < 1.29 is 17.8 Å². The second-order valence-electron chi connectivity index (χ2n) is 1.55. The Morgan fingerprint density at radius 3 is 2.22 bits per heavy atom. The van der Waals surface area contributed by atoms with Gasteiger partial charge in [-0.2, -0.15) is 8.42 Å². The third-order valence-corrected chi connectivity index (χ3v) is 1.38. The highest BCUT2D eigenvalue weighted by Gasteiger charge is 2.10. The van der Waals surface area contributed by atoms with Crippen LogP contribution in [0.2, 0.25) is 0 Å². The van der Waals surface area contributed by atoms with Gasteiger partial charge in [-0.1, -0.05) is 0 Å². The molecule has 0 amide bonds. The van der Waals surface area contributed by atoms with E-state index in [0.717, 1.165) is 0 Å². The van der Waals surface area contributed by atoms with Crippen LogP contribution in [0.3, 0.4) is 0 Å². The molecule has 1 atom stereocenters. The average Bonchev–Trinajstić information content (AvgIpc) is 1.62. The monoisotopic (exact) mass is 153 g/mol. The molecule has 0 aliphatic heterocycles. The Labute approximate surface area is 52.6 Å². The second kappa shape index (κ2) is 2.90. The lowest BCUT2D eigenvalue weighted by Crippen LogP contribution is -2.30. The van der Waals surface area contributed by atoms with Crippen LogP contribution in [0.25, 0.3) is 0 Å². The Balaban J connectivity index is 3.89. The van der Waals surface area contributed by atoms with Gasteiger partial charge in [0.25, 0.3) is 10.1 Å². The van der Waals surface area contributed by atoms with Crippen LogP contribution in [-0.4, -0.2) is 31.1 Å². The Kier molecular flexibility index (Phi) is 2.75.